The molecule has 2 aliphatic heterocycles. The summed E-state index contributed by atoms with van der Waals surface area (Å²) >= 11 is 1.76. The van der Waals surface area contributed by atoms with E-state index in [4.69, 9.17) is 0 Å². The molecule has 6 nitrogen and oxygen atoms in total. The molecule has 2 aliphatic rings. The van der Waals surface area contributed by atoms with Gasteiger partial charge < -0.3 is 10.0 Å². The summed E-state index contributed by atoms with van der Waals surface area (Å²) in [6, 6.07) is 4.43. The third-order valence-corrected chi connectivity index (χ3v) is 5.63. The van der Waals surface area contributed by atoms with Gasteiger partial charge in [0.15, 0.2) is 0 Å². The number of carbonyl (C=O) groups excluding carboxylic acids is 1. The summed E-state index contributed by atoms with van der Waals surface area (Å²) in [5.74, 6) is -1.33. The van der Waals surface area contributed by atoms with Gasteiger partial charge in [0.1, 0.15) is 0 Å². The molecule has 2 fully saturated rings. The number of hydrogen-bond donors (Lipinski definition) is 1. The number of fused-ring (bicyclic) bond motifs is 1. The number of carbonyl (C=O) groups is 2. The standard InChI is InChI=1S/C16H23N3O3S/c1-12(20)19-8-13(16(21)22)7-18-5-4-17(9-14(18)10-19)11-15-3-2-6-23-15/h2-3,6,13-14H,4-5,7-11H2,1H3,(H,21,22). The van der Waals surface area contributed by atoms with Gasteiger partial charge in [0, 0.05) is 63.7 Å². The zero-order valence-corrected chi connectivity index (χ0v) is 14.2. The summed E-state index contributed by atoms with van der Waals surface area (Å²) in [7, 11) is 0. The molecule has 0 radical (unpaired) electrons. The Bertz CT molecular complexity index is 563. The molecule has 1 amide bonds. The molecule has 1 N–H and O–H groups in total. The Labute approximate surface area is 140 Å². The Morgan fingerprint density at radius 3 is 2.74 bits per heavy atom. The number of thiophene rings is 1. The lowest BCUT2D eigenvalue weighted by Gasteiger charge is -2.41. The van der Waals surface area contributed by atoms with Crippen molar-refractivity contribution >= 4 is 23.2 Å². The van der Waals surface area contributed by atoms with Crippen LogP contribution in [-0.2, 0) is 16.1 Å². The van der Waals surface area contributed by atoms with Crippen LogP contribution in [0.4, 0.5) is 0 Å². The van der Waals surface area contributed by atoms with Crippen LogP contribution in [0.3, 0.4) is 0 Å². The van der Waals surface area contributed by atoms with Gasteiger partial charge >= 0.3 is 5.97 Å². The van der Waals surface area contributed by atoms with Gasteiger partial charge in [-0.15, -0.1) is 11.3 Å². The van der Waals surface area contributed by atoms with E-state index in [2.05, 4.69) is 27.3 Å². The van der Waals surface area contributed by atoms with Crippen molar-refractivity contribution < 1.29 is 14.7 Å². The lowest BCUT2D eigenvalue weighted by molar-refractivity contribution is -0.143. The Kier molecular flexibility index (Phi) is 4.99. The zero-order chi connectivity index (χ0) is 16.4. The number of piperazine rings is 1. The molecule has 0 bridgehead atoms. The molecule has 1 aromatic rings. The molecule has 3 rings (SSSR count). The summed E-state index contributed by atoms with van der Waals surface area (Å²) in [6.07, 6.45) is 0. The van der Waals surface area contributed by atoms with Crippen molar-refractivity contribution in [1.29, 1.82) is 0 Å². The maximum atomic E-state index is 11.8. The molecule has 0 saturated carbocycles. The maximum absolute atomic E-state index is 11.8. The highest BCUT2D eigenvalue weighted by atomic mass is 32.1. The van der Waals surface area contributed by atoms with Crippen molar-refractivity contribution in [2.75, 3.05) is 39.3 Å². The fourth-order valence-electron chi connectivity index (χ4n) is 3.49. The summed E-state index contributed by atoms with van der Waals surface area (Å²) in [5, 5.41) is 11.5. The Balaban J connectivity index is 1.69. The van der Waals surface area contributed by atoms with Crippen LogP contribution in [0.2, 0.25) is 0 Å². The molecular formula is C16H23N3O3S. The molecule has 0 aromatic carbocycles. The van der Waals surface area contributed by atoms with Crippen LogP contribution >= 0.6 is 11.3 Å². The third-order valence-electron chi connectivity index (χ3n) is 4.77. The van der Waals surface area contributed by atoms with Crippen LogP contribution in [0.15, 0.2) is 17.5 Å². The molecule has 0 aliphatic carbocycles. The summed E-state index contributed by atoms with van der Waals surface area (Å²) in [4.78, 5) is 31.0. The van der Waals surface area contributed by atoms with Crippen LogP contribution in [-0.4, -0.2) is 77.0 Å². The van der Waals surface area contributed by atoms with E-state index in [1.165, 1.54) is 11.8 Å². The lowest BCUT2D eigenvalue weighted by Crippen LogP contribution is -2.55. The van der Waals surface area contributed by atoms with E-state index in [9.17, 15) is 14.7 Å². The quantitative estimate of drug-likeness (QED) is 0.884. The molecule has 1 aromatic heterocycles. The minimum atomic E-state index is -0.807. The molecule has 23 heavy (non-hydrogen) atoms. The minimum absolute atomic E-state index is 0.0338. The topological polar surface area (TPSA) is 64.1 Å². The highest BCUT2D eigenvalue weighted by Gasteiger charge is 2.36. The first kappa shape index (κ1) is 16.4. The monoisotopic (exact) mass is 337 g/mol. The first-order chi connectivity index (χ1) is 11.0. The van der Waals surface area contributed by atoms with E-state index in [0.29, 0.717) is 19.6 Å². The van der Waals surface area contributed by atoms with Crippen LogP contribution < -0.4 is 0 Å². The first-order valence-corrected chi connectivity index (χ1v) is 8.88. The number of amides is 1. The fraction of sp³-hybridized carbons (Fsp3) is 0.625. The van der Waals surface area contributed by atoms with Crippen LogP contribution in [0, 0.1) is 5.92 Å². The maximum Gasteiger partial charge on any atom is 0.309 e. The van der Waals surface area contributed by atoms with Crippen LogP contribution in [0.25, 0.3) is 0 Å². The van der Waals surface area contributed by atoms with Crippen molar-refractivity contribution in [3.05, 3.63) is 22.4 Å². The van der Waals surface area contributed by atoms with Gasteiger partial charge in [0.05, 0.1) is 5.92 Å². The molecule has 0 spiro atoms. The molecule has 2 atom stereocenters. The van der Waals surface area contributed by atoms with Gasteiger partial charge in [-0.3, -0.25) is 19.4 Å². The average Bonchev–Trinajstić information content (AvgIpc) is 2.92. The zero-order valence-electron chi connectivity index (χ0n) is 13.4. The Morgan fingerprint density at radius 1 is 1.26 bits per heavy atom. The predicted molar refractivity (Wildman–Crippen MR) is 88.3 cm³/mol. The van der Waals surface area contributed by atoms with Crippen LogP contribution in [0.1, 0.15) is 11.8 Å². The van der Waals surface area contributed by atoms with Gasteiger partial charge in [-0.2, -0.15) is 0 Å². The molecule has 2 saturated heterocycles. The van der Waals surface area contributed by atoms with Gasteiger partial charge in [0.2, 0.25) is 5.91 Å². The molecule has 2 unspecified atom stereocenters. The molecule has 3 heterocycles. The van der Waals surface area contributed by atoms with E-state index in [1.54, 1.807) is 16.2 Å². The predicted octanol–water partition coefficient (Wildman–Crippen LogP) is 0.797. The SMILES string of the molecule is CC(=O)N1CC(C(=O)O)CN2CCN(Cc3cccs3)CC2C1. The van der Waals surface area contributed by atoms with Crippen LogP contribution in [0.5, 0.6) is 0 Å². The Hall–Kier alpha value is -1.44. The van der Waals surface area contributed by atoms with Gasteiger partial charge in [0.25, 0.3) is 0 Å². The van der Waals surface area contributed by atoms with E-state index in [1.807, 2.05) is 0 Å². The van der Waals surface area contributed by atoms with Crippen molar-refractivity contribution in [2.24, 2.45) is 5.92 Å². The number of aliphatic carboxylic acids is 1. The second-order valence-corrected chi connectivity index (χ2v) is 7.45. The molecular weight excluding hydrogens is 314 g/mol. The smallest absolute Gasteiger partial charge is 0.309 e. The van der Waals surface area contributed by atoms with Crippen molar-refractivity contribution in [3.8, 4) is 0 Å². The fourth-order valence-corrected chi connectivity index (χ4v) is 4.23. The van der Waals surface area contributed by atoms with E-state index < -0.39 is 11.9 Å². The highest BCUT2D eigenvalue weighted by molar-refractivity contribution is 7.09. The van der Waals surface area contributed by atoms with Crippen molar-refractivity contribution in [2.45, 2.75) is 19.5 Å². The van der Waals surface area contributed by atoms with Gasteiger partial charge in [-0.05, 0) is 11.4 Å². The number of hydrogen-bond acceptors (Lipinski definition) is 5. The number of carboxylic acids is 1. The van der Waals surface area contributed by atoms with Crippen molar-refractivity contribution in [1.82, 2.24) is 14.7 Å². The minimum Gasteiger partial charge on any atom is -0.481 e. The summed E-state index contributed by atoms with van der Waals surface area (Å²) in [5.41, 5.74) is 0. The Morgan fingerprint density at radius 2 is 2.09 bits per heavy atom. The number of carboxylic acid groups (broad SMARTS) is 1. The van der Waals surface area contributed by atoms with E-state index in [-0.39, 0.29) is 11.9 Å². The second kappa shape index (κ2) is 6.98. The van der Waals surface area contributed by atoms with Crippen molar-refractivity contribution in [3.63, 3.8) is 0 Å². The molecule has 7 heteroatoms. The van der Waals surface area contributed by atoms with E-state index >= 15 is 0 Å². The number of nitrogens with zero attached hydrogens (tertiary/aromatic N) is 3. The largest absolute Gasteiger partial charge is 0.481 e. The van der Waals surface area contributed by atoms with Gasteiger partial charge in [-0.25, -0.2) is 0 Å². The normalized spacial score (nSPS) is 26.6. The molecule has 126 valence electrons. The summed E-state index contributed by atoms with van der Waals surface area (Å²) in [6.45, 7) is 6.64. The third kappa shape index (κ3) is 3.91. The van der Waals surface area contributed by atoms with E-state index in [0.717, 1.165) is 26.2 Å². The lowest BCUT2D eigenvalue weighted by atomic mass is 10.1. The second-order valence-electron chi connectivity index (χ2n) is 6.42. The average molecular weight is 337 g/mol. The van der Waals surface area contributed by atoms with Gasteiger partial charge in [-0.1, -0.05) is 6.07 Å². The number of rotatable bonds is 3. The first-order valence-electron chi connectivity index (χ1n) is 8.00. The highest BCUT2D eigenvalue weighted by Crippen LogP contribution is 2.21. The summed E-state index contributed by atoms with van der Waals surface area (Å²) < 4.78 is 0.